The summed E-state index contributed by atoms with van der Waals surface area (Å²) in [6.07, 6.45) is 5.70. The van der Waals surface area contributed by atoms with Crippen LogP contribution < -0.4 is 5.11 Å². The topological polar surface area (TPSA) is 60.4 Å². The molecule has 1 aromatic rings. The second kappa shape index (κ2) is 7.91. The number of carbonyl (C=O) groups is 2. The molecule has 1 heterocycles. The van der Waals surface area contributed by atoms with Crippen molar-refractivity contribution < 1.29 is 14.7 Å². The molecule has 1 aromatic carbocycles. The number of amides is 1. The SMILES string of the molecule is O=C([O-])CCCN1C(=O)/C(=C\C=C\c2ccccc2)SC1=S. The van der Waals surface area contributed by atoms with Crippen molar-refractivity contribution >= 4 is 46.3 Å². The van der Waals surface area contributed by atoms with Crippen LogP contribution in [0.25, 0.3) is 6.08 Å². The first-order valence-corrected chi connectivity index (χ1v) is 7.97. The average Bonchev–Trinajstić information content (AvgIpc) is 2.76. The van der Waals surface area contributed by atoms with E-state index in [1.54, 1.807) is 6.08 Å². The highest BCUT2D eigenvalue weighted by Gasteiger charge is 2.30. The van der Waals surface area contributed by atoms with Crippen LogP contribution in [0, 0.1) is 0 Å². The summed E-state index contributed by atoms with van der Waals surface area (Å²) in [6.45, 7) is 0.304. The molecule has 0 N–H and O–H groups in total. The first-order chi connectivity index (χ1) is 10.6. The lowest BCUT2D eigenvalue weighted by atomic mass is 10.2. The summed E-state index contributed by atoms with van der Waals surface area (Å²) in [7, 11) is 0. The number of hydrogen-bond acceptors (Lipinski definition) is 5. The number of thioether (sulfide) groups is 1. The third kappa shape index (κ3) is 4.54. The lowest BCUT2D eigenvalue weighted by Crippen LogP contribution is -2.30. The molecule has 22 heavy (non-hydrogen) atoms. The monoisotopic (exact) mass is 332 g/mol. The van der Waals surface area contributed by atoms with Gasteiger partial charge in [0.15, 0.2) is 0 Å². The van der Waals surface area contributed by atoms with Gasteiger partial charge in [-0.15, -0.1) is 0 Å². The maximum Gasteiger partial charge on any atom is 0.266 e. The van der Waals surface area contributed by atoms with Crippen LogP contribution in [0.4, 0.5) is 0 Å². The Kier molecular flexibility index (Phi) is 5.91. The highest BCUT2D eigenvalue weighted by atomic mass is 32.2. The van der Waals surface area contributed by atoms with E-state index in [4.69, 9.17) is 12.2 Å². The number of thiocarbonyl (C=S) groups is 1. The molecule has 0 bridgehead atoms. The van der Waals surface area contributed by atoms with Crippen LogP contribution in [0.5, 0.6) is 0 Å². The van der Waals surface area contributed by atoms with Crippen molar-refractivity contribution in [2.75, 3.05) is 6.54 Å². The molecule has 0 atom stereocenters. The molecule has 4 nitrogen and oxygen atoms in total. The molecule has 2 rings (SSSR count). The number of rotatable bonds is 6. The number of allylic oxidation sites excluding steroid dienone is 2. The van der Waals surface area contributed by atoms with Crippen LogP contribution in [0.2, 0.25) is 0 Å². The number of carboxylic acid groups (broad SMARTS) is 1. The second-order valence-electron chi connectivity index (χ2n) is 4.60. The zero-order valence-corrected chi connectivity index (χ0v) is 13.4. The quantitative estimate of drug-likeness (QED) is 0.589. The molecule has 1 amide bonds. The number of carbonyl (C=O) groups excluding carboxylic acids is 2. The maximum absolute atomic E-state index is 12.2. The molecule has 1 aliphatic heterocycles. The second-order valence-corrected chi connectivity index (χ2v) is 6.28. The minimum atomic E-state index is -1.12. The van der Waals surface area contributed by atoms with Gasteiger partial charge in [0.25, 0.3) is 5.91 Å². The van der Waals surface area contributed by atoms with E-state index in [0.29, 0.717) is 22.2 Å². The number of carboxylic acids is 1. The minimum Gasteiger partial charge on any atom is -0.550 e. The van der Waals surface area contributed by atoms with Crippen molar-refractivity contribution in [1.29, 1.82) is 0 Å². The van der Waals surface area contributed by atoms with Gasteiger partial charge in [0.05, 0.1) is 4.91 Å². The Morgan fingerprint density at radius 3 is 2.73 bits per heavy atom. The van der Waals surface area contributed by atoms with Gasteiger partial charge in [0.1, 0.15) is 4.32 Å². The zero-order chi connectivity index (χ0) is 15.9. The largest absolute Gasteiger partial charge is 0.550 e. The number of hydrogen-bond donors (Lipinski definition) is 0. The highest BCUT2D eigenvalue weighted by Crippen LogP contribution is 2.31. The van der Waals surface area contributed by atoms with Crippen molar-refractivity contribution in [1.82, 2.24) is 4.90 Å². The summed E-state index contributed by atoms with van der Waals surface area (Å²) in [5, 5.41) is 10.4. The smallest absolute Gasteiger partial charge is 0.266 e. The lowest BCUT2D eigenvalue weighted by Gasteiger charge is -2.14. The fourth-order valence-corrected chi connectivity index (χ4v) is 3.16. The van der Waals surface area contributed by atoms with Crippen molar-refractivity contribution in [3.8, 4) is 0 Å². The van der Waals surface area contributed by atoms with Gasteiger partial charge in [-0.25, -0.2) is 0 Å². The molecule has 0 unspecified atom stereocenters. The lowest BCUT2D eigenvalue weighted by molar-refractivity contribution is -0.305. The fraction of sp³-hybridized carbons (Fsp3) is 0.188. The van der Waals surface area contributed by atoms with E-state index in [-0.39, 0.29) is 12.3 Å². The van der Waals surface area contributed by atoms with E-state index in [1.165, 1.54) is 16.7 Å². The van der Waals surface area contributed by atoms with E-state index in [1.807, 2.05) is 42.5 Å². The maximum atomic E-state index is 12.2. The van der Waals surface area contributed by atoms with Crippen molar-refractivity contribution in [2.24, 2.45) is 0 Å². The molecule has 0 radical (unpaired) electrons. The minimum absolute atomic E-state index is 0.0793. The molecular weight excluding hydrogens is 318 g/mol. The van der Waals surface area contributed by atoms with Gasteiger partial charge < -0.3 is 9.90 Å². The average molecular weight is 332 g/mol. The predicted molar refractivity (Wildman–Crippen MR) is 89.7 cm³/mol. The van der Waals surface area contributed by atoms with Crippen molar-refractivity contribution in [2.45, 2.75) is 12.8 Å². The summed E-state index contributed by atoms with van der Waals surface area (Å²) in [4.78, 5) is 24.6. The molecule has 1 aliphatic rings. The molecule has 0 saturated carbocycles. The summed E-state index contributed by atoms with van der Waals surface area (Å²) >= 11 is 6.39. The Hall–Kier alpha value is -1.92. The molecule has 0 spiro atoms. The molecular formula is C16H14NO3S2-. The first-order valence-electron chi connectivity index (χ1n) is 6.75. The van der Waals surface area contributed by atoms with Crippen molar-refractivity contribution in [3.63, 3.8) is 0 Å². The molecule has 0 aromatic heterocycles. The molecule has 114 valence electrons. The van der Waals surface area contributed by atoms with Gasteiger partial charge in [-0.2, -0.15) is 0 Å². The molecule has 0 aliphatic carbocycles. The van der Waals surface area contributed by atoms with E-state index < -0.39 is 5.97 Å². The fourth-order valence-electron chi connectivity index (χ4n) is 1.90. The van der Waals surface area contributed by atoms with E-state index in [0.717, 1.165) is 5.56 Å². The Labute approximate surface area is 138 Å². The van der Waals surface area contributed by atoms with Gasteiger partial charge in [-0.1, -0.05) is 66.5 Å². The van der Waals surface area contributed by atoms with Crippen LogP contribution in [0.1, 0.15) is 18.4 Å². The molecule has 1 saturated heterocycles. The van der Waals surface area contributed by atoms with Crippen LogP contribution >= 0.6 is 24.0 Å². The van der Waals surface area contributed by atoms with Crippen LogP contribution in [0.15, 0.2) is 47.4 Å². The normalized spacial score (nSPS) is 16.9. The van der Waals surface area contributed by atoms with E-state index >= 15 is 0 Å². The predicted octanol–water partition coefficient (Wildman–Crippen LogP) is 1.97. The van der Waals surface area contributed by atoms with Crippen LogP contribution in [-0.4, -0.2) is 27.6 Å². The Balaban J connectivity index is 1.97. The Morgan fingerprint density at radius 2 is 2.05 bits per heavy atom. The number of aliphatic carboxylic acids is 1. The summed E-state index contributed by atoms with van der Waals surface area (Å²) < 4.78 is 0.461. The van der Waals surface area contributed by atoms with Gasteiger partial charge >= 0.3 is 0 Å². The summed E-state index contributed by atoms with van der Waals surface area (Å²) in [6, 6.07) is 9.76. The number of nitrogens with zero attached hydrogens (tertiary/aromatic N) is 1. The third-order valence-corrected chi connectivity index (χ3v) is 4.37. The van der Waals surface area contributed by atoms with Gasteiger partial charge in [-0.05, 0) is 24.5 Å². The highest BCUT2D eigenvalue weighted by molar-refractivity contribution is 8.26. The van der Waals surface area contributed by atoms with E-state index in [9.17, 15) is 14.7 Å². The van der Waals surface area contributed by atoms with Gasteiger partial charge in [-0.3, -0.25) is 9.69 Å². The van der Waals surface area contributed by atoms with Gasteiger partial charge in [0, 0.05) is 12.5 Å². The van der Waals surface area contributed by atoms with Crippen LogP contribution in [0.3, 0.4) is 0 Å². The Morgan fingerprint density at radius 1 is 1.32 bits per heavy atom. The van der Waals surface area contributed by atoms with Gasteiger partial charge in [0.2, 0.25) is 0 Å². The van der Waals surface area contributed by atoms with Crippen molar-refractivity contribution in [3.05, 3.63) is 53.0 Å². The van der Waals surface area contributed by atoms with E-state index in [2.05, 4.69) is 0 Å². The summed E-state index contributed by atoms with van der Waals surface area (Å²) in [5.74, 6) is -1.29. The third-order valence-electron chi connectivity index (χ3n) is 2.97. The molecule has 6 heteroatoms. The first kappa shape index (κ1) is 16.5. The molecule has 1 fully saturated rings. The standard InChI is InChI=1S/C16H15NO3S2/c18-14(19)10-5-11-17-15(20)13(22-16(17)21)9-4-8-12-6-2-1-3-7-12/h1-4,6-9H,5,10-11H2,(H,18,19)/p-1/b8-4+,13-9+. The Bertz CT molecular complexity index is 638. The summed E-state index contributed by atoms with van der Waals surface area (Å²) in [5.41, 5.74) is 1.04. The number of benzene rings is 1. The zero-order valence-electron chi connectivity index (χ0n) is 11.7. The van der Waals surface area contributed by atoms with Crippen LogP contribution in [-0.2, 0) is 9.59 Å².